The van der Waals surface area contributed by atoms with E-state index in [1.165, 1.54) is 7.11 Å². The average molecular weight is 359 g/mol. The van der Waals surface area contributed by atoms with Crippen LogP contribution in [0.2, 0.25) is 0 Å². The van der Waals surface area contributed by atoms with E-state index in [-0.39, 0.29) is 12.4 Å². The van der Waals surface area contributed by atoms with E-state index in [0.717, 1.165) is 5.06 Å². The molecule has 0 saturated heterocycles. The number of ether oxygens (including phenoxy) is 1. The first kappa shape index (κ1) is 20.6. The molecule has 1 N–H and O–H groups in total. The molecule has 2 atom stereocenters. The molecule has 1 amide bonds. The molecule has 136 valence electrons. The van der Waals surface area contributed by atoms with Crippen molar-refractivity contribution in [2.24, 2.45) is 0 Å². The number of rotatable bonds is 10. The number of benzene rings is 1. The van der Waals surface area contributed by atoms with E-state index in [4.69, 9.17) is 9.57 Å². The first-order chi connectivity index (χ1) is 11.3. The predicted octanol–water partition coefficient (Wildman–Crippen LogP) is 1.52. The topological polar surface area (TPSA) is 93.1 Å². The van der Waals surface area contributed by atoms with Crippen molar-refractivity contribution >= 4 is 21.4 Å². The molecule has 0 aromatic heterocycles. The van der Waals surface area contributed by atoms with E-state index in [0.29, 0.717) is 18.5 Å². The van der Waals surface area contributed by atoms with Gasteiger partial charge in [0.25, 0.3) is 5.91 Å². The predicted molar refractivity (Wildman–Crippen MR) is 91.1 cm³/mol. The number of hydrogen-bond acceptors (Lipinski definition) is 6. The summed E-state index contributed by atoms with van der Waals surface area (Å²) >= 11 is 0. The first-order valence-electron chi connectivity index (χ1n) is 7.77. The second-order valence-electron chi connectivity index (χ2n) is 5.41. The molecule has 1 aromatic rings. The van der Waals surface area contributed by atoms with Crippen LogP contribution in [0.5, 0.6) is 0 Å². The molecule has 0 heterocycles. The highest BCUT2D eigenvalue weighted by Gasteiger charge is 2.35. The molecule has 0 bridgehead atoms. The summed E-state index contributed by atoms with van der Waals surface area (Å²) in [5.74, 6) is -1.30. The van der Waals surface area contributed by atoms with Crippen LogP contribution >= 0.6 is 0 Å². The number of anilines is 1. The first-order valence-corrected chi connectivity index (χ1v) is 9.49. The molecule has 0 spiro atoms. The van der Waals surface area contributed by atoms with Gasteiger partial charge >= 0.3 is 0 Å². The Hall–Kier alpha value is -1.48. The highest BCUT2D eigenvalue weighted by Crippen LogP contribution is 2.19. The Morgan fingerprint density at radius 3 is 2.46 bits per heavy atom. The zero-order valence-electron chi connectivity index (χ0n) is 14.2. The van der Waals surface area contributed by atoms with Crippen LogP contribution < -0.4 is 5.06 Å². The van der Waals surface area contributed by atoms with Crippen molar-refractivity contribution in [1.82, 2.24) is 0 Å². The van der Waals surface area contributed by atoms with E-state index in [9.17, 15) is 18.3 Å². The number of sulfone groups is 1. The van der Waals surface area contributed by atoms with Crippen molar-refractivity contribution in [3.8, 4) is 0 Å². The lowest BCUT2D eigenvalue weighted by Crippen LogP contribution is -2.45. The van der Waals surface area contributed by atoms with Crippen LogP contribution in [-0.4, -0.2) is 50.4 Å². The molecule has 1 aromatic carbocycles. The zero-order chi connectivity index (χ0) is 18.2. The van der Waals surface area contributed by atoms with Gasteiger partial charge in [0.15, 0.2) is 9.84 Å². The maximum atomic E-state index is 12.5. The second-order valence-corrected chi connectivity index (χ2v) is 7.59. The molecule has 24 heavy (non-hydrogen) atoms. The van der Waals surface area contributed by atoms with Gasteiger partial charge in [0, 0.05) is 7.11 Å². The normalized spacial score (nSPS) is 14.2. The number of amides is 1. The highest BCUT2D eigenvalue weighted by molar-refractivity contribution is 7.92. The number of hydrogen-bond donors (Lipinski definition) is 1. The van der Waals surface area contributed by atoms with E-state index in [1.807, 2.05) is 6.92 Å². The minimum absolute atomic E-state index is 0.204. The Bertz CT molecular complexity index is 604. The molecule has 8 heteroatoms. The van der Waals surface area contributed by atoms with Gasteiger partial charge in [-0.3, -0.25) is 9.63 Å². The number of methoxy groups -OCH3 is 1. The Labute approximate surface area is 143 Å². The van der Waals surface area contributed by atoms with Crippen LogP contribution in [-0.2, 0) is 24.2 Å². The van der Waals surface area contributed by atoms with E-state index in [1.54, 1.807) is 37.3 Å². The SMILES string of the molecule is CCCCS(=O)(=O)C(O)C(=O)N(OC(C)COC)c1ccccc1. The zero-order valence-corrected chi connectivity index (χ0v) is 15.0. The average Bonchev–Trinajstić information content (AvgIpc) is 2.57. The van der Waals surface area contributed by atoms with Gasteiger partial charge < -0.3 is 9.84 Å². The van der Waals surface area contributed by atoms with Crippen LogP contribution in [0, 0.1) is 0 Å². The maximum absolute atomic E-state index is 12.5. The van der Waals surface area contributed by atoms with Crippen molar-refractivity contribution in [2.45, 2.75) is 38.2 Å². The Balaban J connectivity index is 3.03. The minimum Gasteiger partial charge on any atom is -0.382 e. The quantitative estimate of drug-likeness (QED) is 0.637. The Kier molecular flexibility index (Phi) is 8.34. The lowest BCUT2D eigenvalue weighted by molar-refractivity contribution is -0.134. The van der Waals surface area contributed by atoms with Gasteiger partial charge in [0.05, 0.1) is 18.0 Å². The lowest BCUT2D eigenvalue weighted by atomic mass is 10.3. The van der Waals surface area contributed by atoms with Crippen LogP contribution in [0.3, 0.4) is 0 Å². The van der Waals surface area contributed by atoms with Gasteiger partial charge in [0.2, 0.25) is 5.44 Å². The van der Waals surface area contributed by atoms with Gasteiger partial charge in [-0.25, -0.2) is 8.42 Å². The van der Waals surface area contributed by atoms with Gasteiger partial charge in [-0.15, -0.1) is 0 Å². The third kappa shape index (κ3) is 5.86. The van der Waals surface area contributed by atoms with Crippen LogP contribution in [0.4, 0.5) is 5.69 Å². The summed E-state index contributed by atoms with van der Waals surface area (Å²) in [6, 6.07) is 8.28. The lowest BCUT2D eigenvalue weighted by Gasteiger charge is -2.27. The number of hydroxylamine groups is 1. The van der Waals surface area contributed by atoms with Crippen molar-refractivity contribution in [3.05, 3.63) is 30.3 Å². The van der Waals surface area contributed by atoms with Crippen molar-refractivity contribution in [2.75, 3.05) is 24.5 Å². The van der Waals surface area contributed by atoms with Crippen molar-refractivity contribution in [3.63, 3.8) is 0 Å². The number of nitrogens with zero attached hydrogens (tertiary/aromatic N) is 1. The number of para-hydroxylation sites is 1. The molecule has 1 rings (SSSR count). The molecule has 0 radical (unpaired) electrons. The summed E-state index contributed by atoms with van der Waals surface area (Å²) in [4.78, 5) is 18.0. The van der Waals surface area contributed by atoms with E-state index < -0.39 is 27.3 Å². The summed E-state index contributed by atoms with van der Waals surface area (Å²) in [6.07, 6.45) is 0.507. The molecular weight excluding hydrogens is 334 g/mol. The van der Waals surface area contributed by atoms with Crippen LogP contribution in [0.1, 0.15) is 26.7 Å². The van der Waals surface area contributed by atoms with Crippen LogP contribution in [0.25, 0.3) is 0 Å². The molecular formula is C16H25NO6S. The second kappa shape index (κ2) is 9.73. The molecule has 0 aliphatic heterocycles. The van der Waals surface area contributed by atoms with E-state index in [2.05, 4.69) is 0 Å². The Morgan fingerprint density at radius 1 is 1.29 bits per heavy atom. The maximum Gasteiger partial charge on any atom is 0.295 e. The number of unbranched alkanes of at least 4 members (excludes halogenated alkanes) is 1. The molecule has 7 nitrogen and oxygen atoms in total. The van der Waals surface area contributed by atoms with Gasteiger partial charge in [-0.2, -0.15) is 5.06 Å². The molecule has 0 fully saturated rings. The summed E-state index contributed by atoms with van der Waals surface area (Å²) < 4.78 is 29.2. The molecule has 0 aliphatic rings. The standard InChI is InChI=1S/C16H25NO6S/c1-4-5-11-24(20,21)16(19)15(18)17(23-13(2)12-22-3)14-9-7-6-8-10-14/h6-10,13,16,19H,4-5,11-12H2,1-3H3. The van der Waals surface area contributed by atoms with E-state index >= 15 is 0 Å². The smallest absolute Gasteiger partial charge is 0.295 e. The van der Waals surface area contributed by atoms with Gasteiger partial charge in [0.1, 0.15) is 6.10 Å². The fourth-order valence-corrected chi connectivity index (χ4v) is 3.28. The van der Waals surface area contributed by atoms with Gasteiger partial charge in [-0.05, 0) is 25.5 Å². The van der Waals surface area contributed by atoms with Crippen molar-refractivity contribution < 1.29 is 27.9 Å². The Morgan fingerprint density at radius 2 is 1.92 bits per heavy atom. The summed E-state index contributed by atoms with van der Waals surface area (Å²) in [6.45, 7) is 3.70. The molecule has 0 saturated carbocycles. The van der Waals surface area contributed by atoms with Gasteiger partial charge in [-0.1, -0.05) is 31.5 Å². The monoisotopic (exact) mass is 359 g/mol. The number of carbonyl (C=O) groups is 1. The summed E-state index contributed by atoms with van der Waals surface area (Å²) in [7, 11) is -2.48. The number of aliphatic hydroxyl groups is 1. The highest BCUT2D eigenvalue weighted by atomic mass is 32.2. The third-order valence-electron chi connectivity index (χ3n) is 3.21. The third-order valence-corrected chi connectivity index (χ3v) is 4.95. The van der Waals surface area contributed by atoms with Crippen molar-refractivity contribution in [1.29, 1.82) is 0 Å². The summed E-state index contributed by atoms with van der Waals surface area (Å²) in [5, 5.41) is 10.9. The number of carbonyl (C=O) groups excluding carboxylic acids is 1. The number of aliphatic hydroxyl groups excluding tert-OH is 1. The molecule has 0 aliphatic carbocycles. The van der Waals surface area contributed by atoms with Crippen LogP contribution in [0.15, 0.2) is 30.3 Å². The fourth-order valence-electron chi connectivity index (χ4n) is 1.96. The largest absolute Gasteiger partial charge is 0.382 e. The fraction of sp³-hybridized carbons (Fsp3) is 0.562. The minimum atomic E-state index is -3.97. The molecule has 2 unspecified atom stereocenters. The summed E-state index contributed by atoms with van der Waals surface area (Å²) in [5.41, 5.74) is -1.84.